The molecule has 1 aromatic heterocycles. The number of rotatable bonds is 2. The summed E-state index contributed by atoms with van der Waals surface area (Å²) in [6.07, 6.45) is 3.30. The van der Waals surface area contributed by atoms with Gasteiger partial charge < -0.3 is 10.0 Å². The molecule has 4 nitrogen and oxygen atoms in total. The minimum absolute atomic E-state index is 0.418. The second-order valence-electron chi connectivity index (χ2n) is 3.52. The number of carboxylic acids is 1. The van der Waals surface area contributed by atoms with Gasteiger partial charge in [0.15, 0.2) is 0 Å². The number of halogens is 1. The minimum Gasteiger partial charge on any atom is -0.480 e. The van der Waals surface area contributed by atoms with Crippen LogP contribution in [0.2, 0.25) is 0 Å². The summed E-state index contributed by atoms with van der Waals surface area (Å²) in [5.41, 5.74) is 0. The lowest BCUT2D eigenvalue weighted by atomic mass is 10.2. The Morgan fingerprint density at radius 1 is 1.60 bits per heavy atom. The molecular weight excluding hydrogens is 260 g/mol. The highest BCUT2D eigenvalue weighted by molar-refractivity contribution is 9.10. The first kappa shape index (κ1) is 10.4. The van der Waals surface area contributed by atoms with Crippen molar-refractivity contribution in [1.82, 2.24) is 4.98 Å². The van der Waals surface area contributed by atoms with E-state index in [0.29, 0.717) is 6.42 Å². The van der Waals surface area contributed by atoms with Crippen molar-refractivity contribution in [1.29, 1.82) is 0 Å². The lowest BCUT2D eigenvalue weighted by Crippen LogP contribution is -2.36. The summed E-state index contributed by atoms with van der Waals surface area (Å²) in [5, 5.41) is 9.02. The van der Waals surface area contributed by atoms with Gasteiger partial charge in [-0.2, -0.15) is 0 Å². The molecule has 0 aliphatic carbocycles. The molecule has 1 N–H and O–H groups in total. The monoisotopic (exact) mass is 270 g/mol. The summed E-state index contributed by atoms with van der Waals surface area (Å²) in [6.45, 7) is 0.769. The van der Waals surface area contributed by atoms with Crippen LogP contribution < -0.4 is 4.90 Å². The molecule has 0 saturated carbocycles. The van der Waals surface area contributed by atoms with E-state index in [1.165, 1.54) is 0 Å². The normalized spacial score (nSPS) is 20.6. The molecule has 1 atom stereocenters. The Balaban J connectivity index is 2.22. The lowest BCUT2D eigenvalue weighted by molar-refractivity contribution is -0.138. The molecule has 1 aromatic rings. The van der Waals surface area contributed by atoms with Gasteiger partial charge in [0, 0.05) is 17.2 Å². The van der Waals surface area contributed by atoms with Crippen LogP contribution >= 0.6 is 15.9 Å². The highest BCUT2D eigenvalue weighted by Crippen LogP contribution is 2.24. The van der Waals surface area contributed by atoms with E-state index in [1.807, 2.05) is 17.0 Å². The smallest absolute Gasteiger partial charge is 0.326 e. The van der Waals surface area contributed by atoms with Crippen LogP contribution in [-0.4, -0.2) is 28.6 Å². The molecule has 1 saturated heterocycles. The third-order valence-corrected chi connectivity index (χ3v) is 3.01. The Hall–Kier alpha value is -1.10. The summed E-state index contributed by atoms with van der Waals surface area (Å²) in [7, 11) is 0. The van der Waals surface area contributed by atoms with Gasteiger partial charge in [-0.1, -0.05) is 0 Å². The molecule has 0 amide bonds. The molecule has 5 heteroatoms. The fraction of sp³-hybridized carbons (Fsp3) is 0.400. The van der Waals surface area contributed by atoms with Gasteiger partial charge in [0.2, 0.25) is 0 Å². The van der Waals surface area contributed by atoms with Gasteiger partial charge in [-0.3, -0.25) is 0 Å². The zero-order chi connectivity index (χ0) is 10.8. The van der Waals surface area contributed by atoms with E-state index in [2.05, 4.69) is 20.9 Å². The van der Waals surface area contributed by atoms with Gasteiger partial charge >= 0.3 is 5.97 Å². The number of aliphatic carboxylic acids is 1. The van der Waals surface area contributed by atoms with Crippen LogP contribution in [0, 0.1) is 0 Å². The maximum absolute atomic E-state index is 11.0. The average molecular weight is 271 g/mol. The maximum atomic E-state index is 11.0. The number of hydrogen-bond donors (Lipinski definition) is 1. The van der Waals surface area contributed by atoms with Crippen molar-refractivity contribution in [3.8, 4) is 0 Å². The summed E-state index contributed by atoms with van der Waals surface area (Å²) >= 11 is 3.30. The molecule has 1 aliphatic heterocycles. The predicted molar refractivity (Wildman–Crippen MR) is 59.9 cm³/mol. The summed E-state index contributed by atoms with van der Waals surface area (Å²) < 4.78 is 0.900. The van der Waals surface area contributed by atoms with Gasteiger partial charge in [0.25, 0.3) is 0 Å². The van der Waals surface area contributed by atoms with Gasteiger partial charge in [-0.05, 0) is 40.9 Å². The molecule has 0 unspecified atom stereocenters. The average Bonchev–Trinajstić information content (AvgIpc) is 2.67. The standard InChI is InChI=1S/C10H11BrN2O2/c11-7-3-4-9(12-6-7)13-5-1-2-8(13)10(14)15/h3-4,6,8H,1-2,5H2,(H,14,15)/t8-/m1/s1. The SMILES string of the molecule is O=C(O)[C@H]1CCCN1c1ccc(Br)cn1. The van der Waals surface area contributed by atoms with Crippen LogP contribution in [0.1, 0.15) is 12.8 Å². The number of carboxylic acid groups (broad SMARTS) is 1. The summed E-state index contributed by atoms with van der Waals surface area (Å²) in [5.74, 6) is -0.0275. The fourth-order valence-corrected chi connectivity index (χ4v) is 2.07. The Bertz CT molecular complexity index is 366. The maximum Gasteiger partial charge on any atom is 0.326 e. The van der Waals surface area contributed by atoms with Crippen molar-refractivity contribution in [2.75, 3.05) is 11.4 Å². The topological polar surface area (TPSA) is 53.4 Å². The van der Waals surface area contributed by atoms with Gasteiger partial charge in [0.1, 0.15) is 11.9 Å². The molecule has 0 bridgehead atoms. The third-order valence-electron chi connectivity index (χ3n) is 2.54. The van der Waals surface area contributed by atoms with Gasteiger partial charge in [-0.15, -0.1) is 0 Å². The third kappa shape index (κ3) is 2.12. The van der Waals surface area contributed by atoms with Crippen LogP contribution in [0.15, 0.2) is 22.8 Å². The fourth-order valence-electron chi connectivity index (χ4n) is 1.84. The van der Waals surface area contributed by atoms with E-state index in [9.17, 15) is 4.79 Å². The van der Waals surface area contributed by atoms with Crippen LogP contribution in [0.3, 0.4) is 0 Å². The van der Waals surface area contributed by atoms with E-state index in [-0.39, 0.29) is 0 Å². The van der Waals surface area contributed by atoms with Gasteiger partial charge in [-0.25, -0.2) is 9.78 Å². The van der Waals surface area contributed by atoms with Crippen LogP contribution in [0.4, 0.5) is 5.82 Å². The van der Waals surface area contributed by atoms with Crippen molar-refractivity contribution in [3.05, 3.63) is 22.8 Å². The van der Waals surface area contributed by atoms with Crippen LogP contribution in [0.25, 0.3) is 0 Å². The molecule has 2 rings (SSSR count). The largest absolute Gasteiger partial charge is 0.480 e. The molecule has 0 aromatic carbocycles. The van der Waals surface area contributed by atoms with Crippen molar-refractivity contribution in [3.63, 3.8) is 0 Å². The van der Waals surface area contributed by atoms with Crippen molar-refractivity contribution < 1.29 is 9.90 Å². The van der Waals surface area contributed by atoms with E-state index in [4.69, 9.17) is 5.11 Å². The Kier molecular flexibility index (Phi) is 2.90. The van der Waals surface area contributed by atoms with Crippen molar-refractivity contribution >= 4 is 27.7 Å². The number of nitrogens with zero attached hydrogens (tertiary/aromatic N) is 2. The zero-order valence-corrected chi connectivity index (χ0v) is 9.64. The van der Waals surface area contributed by atoms with Crippen molar-refractivity contribution in [2.24, 2.45) is 0 Å². The quantitative estimate of drug-likeness (QED) is 0.892. The van der Waals surface area contributed by atoms with E-state index >= 15 is 0 Å². The van der Waals surface area contributed by atoms with E-state index < -0.39 is 12.0 Å². The number of pyridine rings is 1. The van der Waals surface area contributed by atoms with Gasteiger partial charge in [0.05, 0.1) is 0 Å². The molecule has 15 heavy (non-hydrogen) atoms. The first-order valence-corrected chi connectivity index (χ1v) is 5.59. The Morgan fingerprint density at radius 3 is 3.00 bits per heavy atom. The van der Waals surface area contributed by atoms with E-state index in [0.717, 1.165) is 23.3 Å². The number of anilines is 1. The number of hydrogen-bond acceptors (Lipinski definition) is 3. The second kappa shape index (κ2) is 4.18. The summed E-state index contributed by atoms with van der Waals surface area (Å²) in [6, 6.07) is 3.30. The molecular formula is C10H11BrN2O2. The van der Waals surface area contributed by atoms with Crippen LogP contribution in [-0.2, 0) is 4.79 Å². The first-order chi connectivity index (χ1) is 7.18. The molecule has 0 radical (unpaired) electrons. The Morgan fingerprint density at radius 2 is 2.40 bits per heavy atom. The highest BCUT2D eigenvalue weighted by Gasteiger charge is 2.31. The van der Waals surface area contributed by atoms with E-state index in [1.54, 1.807) is 6.20 Å². The Labute approximate surface area is 96.1 Å². The lowest BCUT2D eigenvalue weighted by Gasteiger charge is -2.22. The number of aromatic nitrogens is 1. The summed E-state index contributed by atoms with van der Waals surface area (Å²) in [4.78, 5) is 17.0. The molecule has 1 fully saturated rings. The highest BCUT2D eigenvalue weighted by atomic mass is 79.9. The zero-order valence-electron chi connectivity index (χ0n) is 8.06. The molecule has 80 valence electrons. The minimum atomic E-state index is -0.766. The van der Waals surface area contributed by atoms with Crippen LogP contribution in [0.5, 0.6) is 0 Å². The molecule has 1 aliphatic rings. The molecule has 0 spiro atoms. The second-order valence-corrected chi connectivity index (χ2v) is 4.44. The number of carbonyl (C=O) groups is 1. The molecule has 2 heterocycles. The first-order valence-electron chi connectivity index (χ1n) is 4.79. The van der Waals surface area contributed by atoms with Crippen molar-refractivity contribution in [2.45, 2.75) is 18.9 Å². The predicted octanol–water partition coefficient (Wildman–Crippen LogP) is 1.90.